The van der Waals surface area contributed by atoms with Gasteiger partial charge in [0.25, 0.3) is 7.82 Å². The van der Waals surface area contributed by atoms with Crippen molar-refractivity contribution < 1.29 is 37.3 Å². The second-order valence-electron chi connectivity index (χ2n) is 23.3. The number of carbonyl (C=O) groups excluding carboxylic acids is 2. The number of ether oxygens (including phenoxy) is 1. The number of nitrogens with one attached hydrogen (secondary N) is 1. The Bertz CT molecular complexity index is 1500. The third-order valence-corrected chi connectivity index (χ3v) is 15.4. The summed E-state index contributed by atoms with van der Waals surface area (Å²) in [5, 5.41) is 3.03. The van der Waals surface area contributed by atoms with Crippen LogP contribution in [0.2, 0.25) is 0 Å². The van der Waals surface area contributed by atoms with Crippen molar-refractivity contribution in [3.8, 4) is 0 Å². The molecule has 0 rings (SSSR count). The maximum Gasteiger partial charge on any atom is 0.306 e. The highest BCUT2D eigenvalue weighted by atomic mass is 31.2. The van der Waals surface area contributed by atoms with Gasteiger partial charge in [0, 0.05) is 12.8 Å². The lowest BCUT2D eigenvalue weighted by atomic mass is 10.0. The molecule has 0 aromatic heterocycles. The van der Waals surface area contributed by atoms with Gasteiger partial charge in [0.1, 0.15) is 19.3 Å². The summed E-state index contributed by atoms with van der Waals surface area (Å²) in [4.78, 5) is 40.0. The molecule has 0 aliphatic carbocycles. The van der Waals surface area contributed by atoms with Crippen molar-refractivity contribution in [2.24, 2.45) is 0 Å². The number of unbranched alkanes of at least 4 members (excludes halogenated alkanes) is 35. The minimum Gasteiger partial charge on any atom is -0.756 e. The maximum absolute atomic E-state index is 13.5. The number of amides is 1. The molecule has 450 valence electrons. The van der Waals surface area contributed by atoms with E-state index in [2.05, 4.69) is 74.7 Å². The molecule has 0 aliphatic rings. The van der Waals surface area contributed by atoms with Crippen LogP contribution in [0.1, 0.15) is 303 Å². The number of carbonyl (C=O) groups is 2. The predicted molar refractivity (Wildman–Crippen MR) is 330 cm³/mol. The van der Waals surface area contributed by atoms with Gasteiger partial charge in [-0.2, -0.15) is 0 Å². The van der Waals surface area contributed by atoms with Crippen molar-refractivity contribution in [3.63, 3.8) is 0 Å². The van der Waals surface area contributed by atoms with Crippen LogP contribution >= 0.6 is 7.82 Å². The van der Waals surface area contributed by atoms with Crippen molar-refractivity contribution in [1.82, 2.24) is 5.32 Å². The molecule has 0 aromatic carbocycles. The quantitative estimate of drug-likeness (QED) is 0.0212. The van der Waals surface area contributed by atoms with E-state index >= 15 is 0 Å². The Morgan fingerprint density at radius 3 is 1.23 bits per heavy atom. The summed E-state index contributed by atoms with van der Waals surface area (Å²) in [6.07, 6.45) is 71.8. The van der Waals surface area contributed by atoms with E-state index in [0.29, 0.717) is 17.4 Å². The molecule has 77 heavy (non-hydrogen) atoms. The normalized spacial score (nSPS) is 14.0. The molecular weight excluding hydrogens is 976 g/mol. The van der Waals surface area contributed by atoms with Gasteiger partial charge in [0.2, 0.25) is 5.91 Å². The van der Waals surface area contributed by atoms with E-state index in [1.807, 2.05) is 33.3 Å². The van der Waals surface area contributed by atoms with Crippen LogP contribution in [-0.2, 0) is 27.9 Å². The van der Waals surface area contributed by atoms with Crippen LogP contribution in [0.5, 0.6) is 0 Å². The topological polar surface area (TPSA) is 114 Å². The molecule has 3 unspecified atom stereocenters. The van der Waals surface area contributed by atoms with E-state index in [0.717, 1.165) is 83.5 Å². The third kappa shape index (κ3) is 58.2. The summed E-state index contributed by atoms with van der Waals surface area (Å²) < 4.78 is 30.4. The first-order valence-electron chi connectivity index (χ1n) is 32.6. The SMILES string of the molecule is CCCCC/C=C\C/C=C\C/C=C\CCCCCCCCCCCCC(=O)OC(/C=C\CCCCCCCCCCCCC)C(COP(=O)([O-])OCC[N+](C)(C)C)NC(=O)CCCCCCCCC/C=C\CCCCCC. The van der Waals surface area contributed by atoms with E-state index in [9.17, 15) is 19.0 Å². The largest absolute Gasteiger partial charge is 0.756 e. The number of likely N-dealkylation sites (N-methyl/N-ethyl adjacent to an activating group) is 1. The van der Waals surface area contributed by atoms with Crippen LogP contribution in [0.4, 0.5) is 0 Å². The fourth-order valence-electron chi connectivity index (χ4n) is 9.35. The Balaban J connectivity index is 5.19. The molecule has 0 saturated heterocycles. The highest BCUT2D eigenvalue weighted by molar-refractivity contribution is 7.45. The van der Waals surface area contributed by atoms with Crippen molar-refractivity contribution in [3.05, 3.63) is 60.8 Å². The number of allylic oxidation sites excluding steroid dienone is 9. The molecule has 0 radical (unpaired) electrons. The molecular formula is C67H125N2O7P. The second-order valence-corrected chi connectivity index (χ2v) is 24.7. The molecule has 0 aromatic rings. The molecule has 1 N–H and O–H groups in total. The first kappa shape index (κ1) is 74.7. The lowest BCUT2D eigenvalue weighted by Gasteiger charge is -2.30. The molecule has 1 amide bonds. The van der Waals surface area contributed by atoms with Crippen LogP contribution in [0.3, 0.4) is 0 Å². The highest BCUT2D eigenvalue weighted by Gasteiger charge is 2.27. The second kappa shape index (κ2) is 57.0. The Hall–Kier alpha value is -2.29. The Kier molecular flexibility index (Phi) is 55.3. The van der Waals surface area contributed by atoms with E-state index in [1.165, 1.54) is 186 Å². The number of quaternary nitrogens is 1. The number of phosphoric ester groups is 1. The van der Waals surface area contributed by atoms with Gasteiger partial charge in [-0.25, -0.2) is 0 Å². The van der Waals surface area contributed by atoms with Crippen molar-refractivity contribution in [2.75, 3.05) is 40.9 Å². The van der Waals surface area contributed by atoms with Crippen molar-refractivity contribution in [2.45, 2.75) is 315 Å². The van der Waals surface area contributed by atoms with E-state index in [-0.39, 0.29) is 24.9 Å². The zero-order valence-electron chi connectivity index (χ0n) is 51.4. The molecule has 3 atom stereocenters. The van der Waals surface area contributed by atoms with Crippen LogP contribution in [0, 0.1) is 0 Å². The van der Waals surface area contributed by atoms with E-state index in [4.69, 9.17) is 13.8 Å². The fraction of sp³-hybridized carbons (Fsp3) is 0.821. The molecule has 0 heterocycles. The zero-order valence-corrected chi connectivity index (χ0v) is 52.3. The number of hydrogen-bond donors (Lipinski definition) is 1. The number of hydrogen-bond acceptors (Lipinski definition) is 7. The van der Waals surface area contributed by atoms with Gasteiger partial charge in [-0.05, 0) is 96.0 Å². The van der Waals surface area contributed by atoms with Crippen LogP contribution in [0.15, 0.2) is 60.8 Å². The van der Waals surface area contributed by atoms with E-state index in [1.54, 1.807) is 0 Å². The highest BCUT2D eigenvalue weighted by Crippen LogP contribution is 2.38. The molecule has 0 aliphatic heterocycles. The minimum absolute atomic E-state index is 0.0242. The lowest BCUT2D eigenvalue weighted by Crippen LogP contribution is -2.47. The Labute approximate surface area is 477 Å². The van der Waals surface area contributed by atoms with Gasteiger partial charge >= 0.3 is 5.97 Å². The predicted octanol–water partition coefficient (Wildman–Crippen LogP) is 19.6. The van der Waals surface area contributed by atoms with Gasteiger partial charge in [0.15, 0.2) is 0 Å². The summed E-state index contributed by atoms with van der Waals surface area (Å²) in [5.74, 6) is -0.543. The summed E-state index contributed by atoms with van der Waals surface area (Å²) in [5.41, 5.74) is 0. The summed E-state index contributed by atoms with van der Waals surface area (Å²) >= 11 is 0. The van der Waals surface area contributed by atoms with Crippen LogP contribution in [-0.4, -0.2) is 69.4 Å². The third-order valence-electron chi connectivity index (χ3n) is 14.4. The van der Waals surface area contributed by atoms with Gasteiger partial charge in [-0.1, -0.05) is 255 Å². The van der Waals surface area contributed by atoms with E-state index < -0.39 is 26.6 Å². The fourth-order valence-corrected chi connectivity index (χ4v) is 10.1. The monoisotopic (exact) mass is 1100 g/mol. The van der Waals surface area contributed by atoms with Crippen LogP contribution in [0.25, 0.3) is 0 Å². The first-order valence-corrected chi connectivity index (χ1v) is 34.1. The summed E-state index contributed by atoms with van der Waals surface area (Å²) in [6, 6.07) is -0.893. The zero-order chi connectivity index (χ0) is 56.4. The number of rotatable bonds is 59. The lowest BCUT2D eigenvalue weighted by molar-refractivity contribution is -0.870. The summed E-state index contributed by atoms with van der Waals surface area (Å²) in [7, 11) is 1.18. The van der Waals surface area contributed by atoms with Gasteiger partial charge in [0.05, 0.1) is 33.8 Å². The smallest absolute Gasteiger partial charge is 0.306 e. The molecule has 0 bridgehead atoms. The Morgan fingerprint density at radius 1 is 0.455 bits per heavy atom. The standard InChI is InChI=1S/C67H125N2O7P/c1-7-10-13-16-19-22-25-28-30-31-32-33-34-35-36-37-39-42-45-48-51-54-57-60-67(71)76-65(58-55-52-49-46-43-40-27-24-21-18-15-12-9-3)64(63-75-77(72,73)74-62-61-69(4,5)6)68-66(70)59-56-53-50-47-44-41-38-29-26-23-20-17-14-11-8-2/h19,22-23,26,28,30,32-33,55,58,64-65H,7-18,20-21,24-25,27,29,31,34-54,56-57,59-63H2,1-6H3,(H-,68,70,72,73)/b22-19-,26-23-,30-28-,33-32-,58-55-. The number of phosphoric acid groups is 1. The van der Waals surface area contributed by atoms with Crippen molar-refractivity contribution in [1.29, 1.82) is 0 Å². The Morgan fingerprint density at radius 2 is 0.792 bits per heavy atom. The molecule has 0 fully saturated rings. The first-order chi connectivity index (χ1) is 37.4. The maximum atomic E-state index is 13.5. The number of esters is 1. The average Bonchev–Trinajstić information content (AvgIpc) is 3.39. The summed E-state index contributed by atoms with van der Waals surface area (Å²) in [6.45, 7) is 6.82. The number of nitrogens with zero attached hydrogens (tertiary/aromatic N) is 1. The van der Waals surface area contributed by atoms with Crippen LogP contribution < -0.4 is 10.2 Å². The molecule has 0 spiro atoms. The molecule has 0 saturated carbocycles. The van der Waals surface area contributed by atoms with Gasteiger partial charge < -0.3 is 28.5 Å². The molecule has 9 nitrogen and oxygen atoms in total. The molecule has 10 heteroatoms. The van der Waals surface area contributed by atoms with Gasteiger partial charge in [-0.3, -0.25) is 14.2 Å². The minimum atomic E-state index is -4.70. The average molecular weight is 1100 g/mol. The van der Waals surface area contributed by atoms with Gasteiger partial charge in [-0.15, -0.1) is 0 Å². The van der Waals surface area contributed by atoms with Crippen molar-refractivity contribution >= 4 is 19.7 Å².